The lowest BCUT2D eigenvalue weighted by molar-refractivity contribution is -0.139. The van der Waals surface area contributed by atoms with Gasteiger partial charge in [-0.15, -0.1) is 0 Å². The van der Waals surface area contributed by atoms with E-state index >= 15 is 0 Å². The van der Waals surface area contributed by atoms with Gasteiger partial charge < -0.3 is 4.74 Å². The van der Waals surface area contributed by atoms with Gasteiger partial charge in [0.15, 0.2) is 0 Å². The van der Waals surface area contributed by atoms with E-state index < -0.39 is 10.0 Å². The minimum absolute atomic E-state index is 0.118. The Kier molecular flexibility index (Phi) is 5.53. The molecule has 0 atom stereocenters. The molecule has 6 heteroatoms. The maximum atomic E-state index is 12.4. The molecule has 0 spiro atoms. The van der Waals surface area contributed by atoms with Crippen LogP contribution in [-0.2, 0) is 26.0 Å². The summed E-state index contributed by atoms with van der Waals surface area (Å²) in [6.45, 7) is 6.38. The molecule has 0 aliphatic rings. The molecule has 21 heavy (non-hydrogen) atoms. The molecule has 0 bridgehead atoms. The normalized spacial score (nSPS) is 12.5. The second-order valence-corrected chi connectivity index (χ2v) is 8.26. The second-order valence-electron chi connectivity index (χ2n) is 6.22. The number of benzene rings is 1. The largest absolute Gasteiger partial charge is 0.469 e. The van der Waals surface area contributed by atoms with Crippen molar-refractivity contribution >= 4 is 16.0 Å². The fourth-order valence-corrected chi connectivity index (χ4v) is 3.35. The van der Waals surface area contributed by atoms with Crippen molar-refractivity contribution in [2.45, 2.75) is 32.1 Å². The van der Waals surface area contributed by atoms with Crippen molar-refractivity contribution in [1.82, 2.24) is 4.31 Å². The minimum Gasteiger partial charge on any atom is -0.469 e. The zero-order chi connectivity index (χ0) is 16.3. The highest BCUT2D eigenvalue weighted by atomic mass is 32.2. The van der Waals surface area contributed by atoms with Gasteiger partial charge in [-0.25, -0.2) is 12.7 Å². The van der Waals surface area contributed by atoms with E-state index in [9.17, 15) is 13.2 Å². The van der Waals surface area contributed by atoms with Crippen LogP contribution in [0.15, 0.2) is 29.2 Å². The van der Waals surface area contributed by atoms with E-state index in [1.807, 2.05) is 20.8 Å². The Bertz CT molecular complexity index is 585. The molecular formula is C15H23NO4S. The van der Waals surface area contributed by atoms with Crippen LogP contribution in [0.2, 0.25) is 0 Å². The Hall–Kier alpha value is -1.40. The lowest BCUT2D eigenvalue weighted by Gasteiger charge is -2.26. The first kappa shape index (κ1) is 17.7. The zero-order valence-electron chi connectivity index (χ0n) is 13.2. The third-order valence-electron chi connectivity index (χ3n) is 2.90. The molecule has 0 amide bonds. The summed E-state index contributed by atoms with van der Waals surface area (Å²) in [5.41, 5.74) is 0.603. The van der Waals surface area contributed by atoms with Gasteiger partial charge in [-0.1, -0.05) is 32.9 Å². The summed E-state index contributed by atoms with van der Waals surface area (Å²) in [4.78, 5) is 11.4. The third-order valence-corrected chi connectivity index (χ3v) is 4.72. The van der Waals surface area contributed by atoms with Crippen molar-refractivity contribution in [3.05, 3.63) is 29.8 Å². The molecule has 5 nitrogen and oxygen atoms in total. The number of ether oxygens (including phenoxy) is 1. The maximum absolute atomic E-state index is 12.4. The average Bonchev–Trinajstić information content (AvgIpc) is 2.37. The summed E-state index contributed by atoms with van der Waals surface area (Å²) in [7, 11) is -0.611. The fourth-order valence-electron chi connectivity index (χ4n) is 1.95. The van der Waals surface area contributed by atoms with Gasteiger partial charge in [0.05, 0.1) is 18.4 Å². The number of nitrogens with zero attached hydrogens (tertiary/aromatic N) is 1. The minimum atomic E-state index is -3.51. The van der Waals surface area contributed by atoms with E-state index in [0.29, 0.717) is 6.54 Å². The number of rotatable bonds is 5. The number of sulfonamides is 1. The third kappa shape index (κ3) is 5.13. The summed E-state index contributed by atoms with van der Waals surface area (Å²) in [5.74, 6) is -0.351. The maximum Gasteiger partial charge on any atom is 0.309 e. The van der Waals surface area contributed by atoms with E-state index in [2.05, 4.69) is 4.74 Å². The highest BCUT2D eigenvalue weighted by Crippen LogP contribution is 2.21. The lowest BCUT2D eigenvalue weighted by Crippen LogP contribution is -2.34. The number of hydrogen-bond donors (Lipinski definition) is 0. The predicted octanol–water partition coefficient (Wildman–Crippen LogP) is 2.07. The Labute approximate surface area is 127 Å². The zero-order valence-corrected chi connectivity index (χ0v) is 14.0. The van der Waals surface area contributed by atoms with Crippen LogP contribution >= 0.6 is 0 Å². The van der Waals surface area contributed by atoms with Crippen molar-refractivity contribution in [3.63, 3.8) is 0 Å². The summed E-state index contributed by atoms with van der Waals surface area (Å²) >= 11 is 0. The Morgan fingerprint density at radius 3 is 2.14 bits per heavy atom. The molecule has 0 aliphatic heterocycles. The molecule has 0 saturated heterocycles. The Morgan fingerprint density at radius 1 is 1.19 bits per heavy atom. The second kappa shape index (κ2) is 6.58. The monoisotopic (exact) mass is 313 g/mol. The van der Waals surface area contributed by atoms with Gasteiger partial charge >= 0.3 is 5.97 Å². The molecular weight excluding hydrogens is 290 g/mol. The number of esters is 1. The van der Waals surface area contributed by atoms with Crippen LogP contribution in [0.3, 0.4) is 0 Å². The van der Waals surface area contributed by atoms with Crippen molar-refractivity contribution in [2.24, 2.45) is 5.41 Å². The van der Waals surface area contributed by atoms with Crippen molar-refractivity contribution in [2.75, 3.05) is 20.7 Å². The molecule has 0 N–H and O–H groups in total. The van der Waals surface area contributed by atoms with Gasteiger partial charge in [0.25, 0.3) is 0 Å². The van der Waals surface area contributed by atoms with Crippen LogP contribution in [0.4, 0.5) is 0 Å². The first-order valence-corrected chi connectivity index (χ1v) is 8.12. The van der Waals surface area contributed by atoms with E-state index in [1.54, 1.807) is 19.2 Å². The van der Waals surface area contributed by atoms with Crippen LogP contribution in [-0.4, -0.2) is 39.4 Å². The molecule has 0 unspecified atom stereocenters. The van der Waals surface area contributed by atoms with Gasteiger partial charge in [-0.05, 0) is 23.1 Å². The van der Waals surface area contributed by atoms with Crippen LogP contribution < -0.4 is 0 Å². The topological polar surface area (TPSA) is 63.7 Å². The van der Waals surface area contributed by atoms with Crippen molar-refractivity contribution < 1.29 is 17.9 Å². The molecule has 0 heterocycles. The lowest BCUT2D eigenvalue weighted by atomic mass is 9.97. The van der Waals surface area contributed by atoms with Gasteiger partial charge in [-0.2, -0.15) is 0 Å². The highest BCUT2D eigenvalue weighted by molar-refractivity contribution is 7.89. The molecule has 1 aromatic carbocycles. The molecule has 1 rings (SSSR count). The molecule has 0 fully saturated rings. The number of methoxy groups -OCH3 is 1. The van der Waals surface area contributed by atoms with Crippen LogP contribution in [0.5, 0.6) is 0 Å². The summed E-state index contributed by atoms with van der Waals surface area (Å²) in [6.07, 6.45) is 0.134. The van der Waals surface area contributed by atoms with Crippen molar-refractivity contribution in [3.8, 4) is 0 Å². The smallest absolute Gasteiger partial charge is 0.309 e. The van der Waals surface area contributed by atoms with Gasteiger partial charge in [-0.3, -0.25) is 4.79 Å². The fraction of sp³-hybridized carbons (Fsp3) is 0.533. The molecule has 0 saturated carbocycles. The summed E-state index contributed by atoms with van der Waals surface area (Å²) in [6, 6.07) is 6.31. The van der Waals surface area contributed by atoms with Gasteiger partial charge in [0, 0.05) is 13.6 Å². The van der Waals surface area contributed by atoms with Gasteiger partial charge in [0.2, 0.25) is 10.0 Å². The summed E-state index contributed by atoms with van der Waals surface area (Å²) < 4.78 is 30.8. The molecule has 0 aromatic heterocycles. The highest BCUT2D eigenvalue weighted by Gasteiger charge is 2.25. The SMILES string of the molecule is COC(=O)Cc1ccc(S(=O)(=O)N(C)CC(C)(C)C)cc1. The average molecular weight is 313 g/mol. The number of hydrogen-bond acceptors (Lipinski definition) is 4. The quantitative estimate of drug-likeness (QED) is 0.781. The van der Waals surface area contributed by atoms with E-state index in [0.717, 1.165) is 5.56 Å². The van der Waals surface area contributed by atoms with E-state index in [4.69, 9.17) is 0 Å². The molecule has 0 aliphatic carbocycles. The Balaban J connectivity index is 2.92. The standard InChI is InChI=1S/C15H23NO4S/c1-15(2,3)11-16(4)21(18,19)13-8-6-12(7-9-13)10-14(17)20-5/h6-9H,10-11H2,1-5H3. The first-order chi connectivity index (χ1) is 9.56. The van der Waals surface area contributed by atoms with Gasteiger partial charge in [0.1, 0.15) is 0 Å². The van der Waals surface area contributed by atoms with E-state index in [-0.39, 0.29) is 22.7 Å². The first-order valence-electron chi connectivity index (χ1n) is 6.68. The van der Waals surface area contributed by atoms with Crippen molar-refractivity contribution in [1.29, 1.82) is 0 Å². The predicted molar refractivity (Wildman–Crippen MR) is 81.4 cm³/mol. The van der Waals surface area contributed by atoms with Crippen LogP contribution in [0.1, 0.15) is 26.3 Å². The van der Waals surface area contributed by atoms with Crippen LogP contribution in [0, 0.1) is 5.41 Å². The molecule has 118 valence electrons. The molecule has 1 aromatic rings. The number of carbonyl (C=O) groups excluding carboxylic acids is 1. The molecule has 0 radical (unpaired) electrons. The Morgan fingerprint density at radius 2 is 1.71 bits per heavy atom. The van der Waals surface area contributed by atoms with E-state index in [1.165, 1.54) is 23.5 Å². The summed E-state index contributed by atoms with van der Waals surface area (Å²) in [5, 5.41) is 0. The van der Waals surface area contributed by atoms with Crippen LogP contribution in [0.25, 0.3) is 0 Å². The number of carbonyl (C=O) groups is 1.